The number of piperidine rings is 1. The molecule has 4 heterocycles. The Kier molecular flexibility index (Phi) is 3.14. The summed E-state index contributed by atoms with van der Waals surface area (Å²) in [5.41, 5.74) is 2.28. The molecule has 5 heteroatoms. The molecule has 2 aromatic rings. The number of aryl methyl sites for hydroxylation is 1. The number of carbonyl (C=O) groups is 1. The fourth-order valence-corrected chi connectivity index (χ4v) is 3.86. The van der Waals surface area contributed by atoms with Crippen molar-refractivity contribution in [3.05, 3.63) is 29.0 Å². The summed E-state index contributed by atoms with van der Waals surface area (Å²) in [5, 5.41) is 1.77. The van der Waals surface area contributed by atoms with E-state index >= 15 is 0 Å². The van der Waals surface area contributed by atoms with Gasteiger partial charge in [-0.3, -0.25) is 4.79 Å². The molecule has 2 aromatic heterocycles. The third-order valence-corrected chi connectivity index (χ3v) is 4.92. The number of hydrogen-bond acceptors (Lipinski definition) is 2. The van der Waals surface area contributed by atoms with Gasteiger partial charge in [-0.25, -0.2) is 4.98 Å². The Labute approximate surface area is 128 Å². The lowest BCUT2D eigenvalue weighted by molar-refractivity contribution is -0.136. The molecule has 1 fully saturated rings. The Bertz CT molecular complexity index is 709. The van der Waals surface area contributed by atoms with Crippen molar-refractivity contribution >= 4 is 28.5 Å². The lowest BCUT2D eigenvalue weighted by atomic mass is 9.99. The van der Waals surface area contributed by atoms with Crippen molar-refractivity contribution in [2.75, 3.05) is 6.54 Å². The summed E-state index contributed by atoms with van der Waals surface area (Å²) in [4.78, 5) is 18.7. The standard InChI is InChI=1S/C16H18ClN3O/c17-12-7-11-8-14-9-13(19-5-2-1-3-15(19)21)4-6-20(14)16(11)18-10-12/h7-8,10,13H,1-6,9H2. The predicted molar refractivity (Wildman–Crippen MR) is 82.4 cm³/mol. The number of nitrogens with zero attached hydrogens (tertiary/aromatic N) is 3. The number of hydrogen-bond donors (Lipinski definition) is 0. The number of rotatable bonds is 1. The minimum absolute atomic E-state index is 0.331. The first-order chi connectivity index (χ1) is 10.2. The van der Waals surface area contributed by atoms with E-state index in [1.165, 1.54) is 5.69 Å². The number of aromatic nitrogens is 2. The molecule has 1 atom stereocenters. The van der Waals surface area contributed by atoms with E-state index in [0.717, 1.165) is 56.2 Å². The Morgan fingerprint density at radius 2 is 2.14 bits per heavy atom. The van der Waals surface area contributed by atoms with Gasteiger partial charge in [-0.15, -0.1) is 0 Å². The normalized spacial score (nSPS) is 22.6. The van der Waals surface area contributed by atoms with E-state index in [2.05, 4.69) is 20.5 Å². The van der Waals surface area contributed by atoms with Crippen molar-refractivity contribution in [2.24, 2.45) is 0 Å². The van der Waals surface area contributed by atoms with Crippen LogP contribution in [0.5, 0.6) is 0 Å². The summed E-state index contributed by atoms with van der Waals surface area (Å²) in [5.74, 6) is 0.331. The van der Waals surface area contributed by atoms with Gasteiger partial charge in [0.1, 0.15) is 5.65 Å². The van der Waals surface area contributed by atoms with Gasteiger partial charge < -0.3 is 9.47 Å². The largest absolute Gasteiger partial charge is 0.339 e. The third-order valence-electron chi connectivity index (χ3n) is 4.72. The van der Waals surface area contributed by atoms with Crippen LogP contribution in [0.4, 0.5) is 0 Å². The summed E-state index contributed by atoms with van der Waals surface area (Å²) in [7, 11) is 0. The maximum atomic E-state index is 12.1. The number of carbonyl (C=O) groups excluding carboxylic acids is 1. The molecule has 21 heavy (non-hydrogen) atoms. The second-order valence-electron chi connectivity index (χ2n) is 6.04. The van der Waals surface area contributed by atoms with Gasteiger partial charge in [-0.2, -0.15) is 0 Å². The molecule has 4 nitrogen and oxygen atoms in total. The van der Waals surface area contributed by atoms with Gasteiger partial charge in [0.2, 0.25) is 5.91 Å². The molecule has 1 unspecified atom stereocenters. The number of amides is 1. The number of pyridine rings is 1. The van der Waals surface area contributed by atoms with E-state index in [0.29, 0.717) is 17.0 Å². The smallest absolute Gasteiger partial charge is 0.222 e. The van der Waals surface area contributed by atoms with Crippen molar-refractivity contribution < 1.29 is 4.79 Å². The van der Waals surface area contributed by atoms with Crippen LogP contribution in [0.1, 0.15) is 31.4 Å². The van der Waals surface area contributed by atoms with Gasteiger partial charge in [0.25, 0.3) is 0 Å². The molecule has 110 valence electrons. The minimum atomic E-state index is 0.331. The molecule has 0 spiro atoms. The Hall–Kier alpha value is -1.55. The first kappa shape index (κ1) is 13.1. The summed E-state index contributed by atoms with van der Waals surface area (Å²) in [6.07, 6.45) is 6.56. The summed E-state index contributed by atoms with van der Waals surface area (Å²) in [6, 6.07) is 4.50. The lowest BCUT2D eigenvalue weighted by Gasteiger charge is -2.37. The van der Waals surface area contributed by atoms with Crippen LogP contribution in [0, 0.1) is 0 Å². The topological polar surface area (TPSA) is 38.1 Å². The molecule has 2 aliphatic rings. The SMILES string of the molecule is O=C1CCCCN1C1CCn2c(cc3cc(Cl)cnc32)C1. The maximum Gasteiger partial charge on any atom is 0.222 e. The first-order valence-corrected chi connectivity index (χ1v) is 8.03. The average molecular weight is 304 g/mol. The zero-order valence-corrected chi connectivity index (χ0v) is 12.6. The zero-order valence-electron chi connectivity index (χ0n) is 11.9. The Balaban J connectivity index is 1.65. The van der Waals surface area contributed by atoms with E-state index in [-0.39, 0.29) is 0 Å². The number of halogens is 1. The summed E-state index contributed by atoms with van der Waals surface area (Å²) >= 11 is 6.03. The molecular formula is C16H18ClN3O. The third kappa shape index (κ3) is 2.22. The quantitative estimate of drug-likeness (QED) is 0.812. The highest BCUT2D eigenvalue weighted by molar-refractivity contribution is 6.31. The highest BCUT2D eigenvalue weighted by atomic mass is 35.5. The molecule has 1 saturated heterocycles. The van der Waals surface area contributed by atoms with Gasteiger partial charge in [-0.1, -0.05) is 11.6 Å². The van der Waals surface area contributed by atoms with Crippen LogP contribution in [0.2, 0.25) is 5.02 Å². The lowest BCUT2D eigenvalue weighted by Crippen LogP contribution is -2.46. The van der Waals surface area contributed by atoms with E-state index < -0.39 is 0 Å². The minimum Gasteiger partial charge on any atom is -0.339 e. The molecule has 0 bridgehead atoms. The molecule has 1 amide bonds. The van der Waals surface area contributed by atoms with E-state index in [1.807, 2.05) is 6.07 Å². The van der Waals surface area contributed by atoms with Crippen LogP contribution in [-0.2, 0) is 17.8 Å². The van der Waals surface area contributed by atoms with Crippen molar-refractivity contribution in [3.63, 3.8) is 0 Å². The van der Waals surface area contributed by atoms with E-state index in [4.69, 9.17) is 11.6 Å². The van der Waals surface area contributed by atoms with E-state index in [1.54, 1.807) is 6.20 Å². The van der Waals surface area contributed by atoms with Crippen LogP contribution in [0.3, 0.4) is 0 Å². The van der Waals surface area contributed by atoms with Crippen molar-refractivity contribution in [1.82, 2.24) is 14.5 Å². The zero-order chi connectivity index (χ0) is 14.4. The molecule has 2 aliphatic heterocycles. The Morgan fingerprint density at radius 3 is 3.00 bits per heavy atom. The van der Waals surface area contributed by atoms with Crippen LogP contribution in [0.15, 0.2) is 18.3 Å². The second-order valence-corrected chi connectivity index (χ2v) is 6.48. The van der Waals surface area contributed by atoms with Gasteiger partial charge in [0.05, 0.1) is 5.02 Å². The van der Waals surface area contributed by atoms with Gasteiger partial charge >= 0.3 is 0 Å². The molecule has 0 radical (unpaired) electrons. The van der Waals surface area contributed by atoms with Gasteiger partial charge in [0.15, 0.2) is 0 Å². The molecule has 0 saturated carbocycles. The second kappa shape index (κ2) is 5.02. The highest BCUT2D eigenvalue weighted by Crippen LogP contribution is 2.29. The fourth-order valence-electron chi connectivity index (χ4n) is 3.69. The average Bonchev–Trinajstić information content (AvgIpc) is 2.84. The molecular weight excluding hydrogens is 286 g/mol. The van der Waals surface area contributed by atoms with Gasteiger partial charge in [-0.05, 0) is 31.4 Å². The fraction of sp³-hybridized carbons (Fsp3) is 0.500. The van der Waals surface area contributed by atoms with E-state index in [9.17, 15) is 4.79 Å². The van der Waals surface area contributed by atoms with Crippen molar-refractivity contribution in [3.8, 4) is 0 Å². The van der Waals surface area contributed by atoms with Crippen LogP contribution in [-0.4, -0.2) is 32.9 Å². The highest BCUT2D eigenvalue weighted by Gasteiger charge is 2.30. The predicted octanol–water partition coefficient (Wildman–Crippen LogP) is 3.02. The van der Waals surface area contributed by atoms with Crippen molar-refractivity contribution in [2.45, 2.75) is 44.7 Å². The number of fused-ring (bicyclic) bond motifs is 3. The number of likely N-dealkylation sites (tertiary alicyclic amines) is 1. The Morgan fingerprint density at radius 1 is 1.24 bits per heavy atom. The molecule has 0 N–H and O–H groups in total. The van der Waals surface area contributed by atoms with Crippen LogP contribution < -0.4 is 0 Å². The monoisotopic (exact) mass is 303 g/mol. The first-order valence-electron chi connectivity index (χ1n) is 7.65. The summed E-state index contributed by atoms with van der Waals surface area (Å²) < 4.78 is 2.27. The van der Waals surface area contributed by atoms with Crippen LogP contribution >= 0.6 is 11.6 Å². The van der Waals surface area contributed by atoms with Crippen LogP contribution in [0.25, 0.3) is 11.0 Å². The summed E-state index contributed by atoms with van der Waals surface area (Å²) in [6.45, 7) is 1.86. The molecule has 0 aromatic carbocycles. The van der Waals surface area contributed by atoms with Crippen molar-refractivity contribution in [1.29, 1.82) is 0 Å². The molecule has 4 rings (SSSR count). The van der Waals surface area contributed by atoms with Gasteiger partial charge in [0, 0.05) is 49.2 Å². The maximum absolute atomic E-state index is 12.1. The molecule has 0 aliphatic carbocycles.